The average molecular weight is 721 g/mol. The van der Waals surface area contributed by atoms with Crippen LogP contribution < -0.4 is 0 Å². The molecule has 57 heavy (non-hydrogen) atoms. The van der Waals surface area contributed by atoms with Crippen molar-refractivity contribution < 1.29 is 0 Å². The van der Waals surface area contributed by atoms with Gasteiger partial charge in [-0.25, -0.2) is 0 Å². The van der Waals surface area contributed by atoms with Crippen LogP contribution in [0.3, 0.4) is 0 Å². The van der Waals surface area contributed by atoms with Gasteiger partial charge in [-0.2, -0.15) is 0 Å². The van der Waals surface area contributed by atoms with E-state index < -0.39 is 5.41 Å². The van der Waals surface area contributed by atoms with Gasteiger partial charge in [-0.3, -0.25) is 0 Å². The molecule has 0 fully saturated rings. The Morgan fingerprint density at radius 2 is 0.947 bits per heavy atom. The van der Waals surface area contributed by atoms with E-state index in [1.165, 1.54) is 121 Å². The van der Waals surface area contributed by atoms with Gasteiger partial charge in [0.05, 0.1) is 5.41 Å². The number of benzene rings is 10. The van der Waals surface area contributed by atoms with Crippen molar-refractivity contribution in [2.75, 3.05) is 0 Å². The van der Waals surface area contributed by atoms with Gasteiger partial charge in [-0.05, 0) is 134 Å². The molecule has 264 valence electrons. The predicted molar refractivity (Wildman–Crippen MR) is 241 cm³/mol. The normalized spacial score (nSPS) is 14.7. The maximum absolute atomic E-state index is 2.44. The monoisotopic (exact) mass is 720 g/mol. The second-order valence-corrected chi connectivity index (χ2v) is 16.2. The van der Waals surface area contributed by atoms with Crippen molar-refractivity contribution >= 4 is 54.7 Å². The van der Waals surface area contributed by atoms with E-state index in [2.05, 4.69) is 194 Å². The Bertz CT molecular complexity index is 3310. The van der Waals surface area contributed by atoms with Gasteiger partial charge >= 0.3 is 0 Å². The number of hydrogen-bond donors (Lipinski definition) is 0. The zero-order valence-electron chi connectivity index (χ0n) is 31.4. The van der Waals surface area contributed by atoms with Gasteiger partial charge < -0.3 is 0 Å². The highest BCUT2D eigenvalue weighted by atomic mass is 14.5. The Hall–Kier alpha value is -7.02. The molecule has 0 nitrogen and oxygen atoms in total. The molecule has 0 saturated carbocycles. The third-order valence-electron chi connectivity index (χ3n) is 13.6. The molecule has 0 aromatic heterocycles. The van der Waals surface area contributed by atoms with E-state index in [-0.39, 0.29) is 0 Å². The predicted octanol–water partition coefficient (Wildman–Crippen LogP) is 14.8. The molecule has 0 heterocycles. The fourth-order valence-corrected chi connectivity index (χ4v) is 11.1. The quantitative estimate of drug-likeness (QED) is 0.159. The number of fused-ring (bicyclic) bond motifs is 3. The molecule has 0 aliphatic heterocycles. The lowest BCUT2D eigenvalue weighted by molar-refractivity contribution is 0.769. The third kappa shape index (κ3) is 4.17. The van der Waals surface area contributed by atoms with Crippen LogP contribution in [0.2, 0.25) is 0 Å². The standard InChI is InChI=1S/C57H36/c1-3-13-51-47(11-1)48-12-2-4-14-52(48)57(51,43-27-19-35(20-28-43)45-31-23-41-17-15-37-7-5-9-39-25-33-49(45)55(41)53(37)39)44-29-21-36(22-30-44)46-32-24-42-18-16-38-8-6-10-40-26-34-50(46)56(42)54(38)40/h1-7,9-17,19-34H,8,18H2. The lowest BCUT2D eigenvalue weighted by Gasteiger charge is -2.34. The minimum atomic E-state index is -0.467. The van der Waals surface area contributed by atoms with Crippen LogP contribution in [0.25, 0.3) is 88.1 Å². The molecular formula is C57H36. The molecule has 0 atom stereocenters. The van der Waals surface area contributed by atoms with E-state index in [9.17, 15) is 0 Å². The lowest BCUT2D eigenvalue weighted by atomic mass is 9.67. The van der Waals surface area contributed by atoms with Gasteiger partial charge in [0.1, 0.15) is 0 Å². The number of hydrogen-bond acceptors (Lipinski definition) is 0. The van der Waals surface area contributed by atoms with Crippen molar-refractivity contribution in [2.45, 2.75) is 18.3 Å². The van der Waals surface area contributed by atoms with Crippen molar-refractivity contribution in [1.82, 2.24) is 0 Å². The first-order valence-electron chi connectivity index (χ1n) is 20.3. The molecule has 13 rings (SSSR count). The average Bonchev–Trinajstić information content (AvgIpc) is 3.58. The molecule has 0 saturated heterocycles. The molecular weight excluding hydrogens is 685 g/mol. The molecule has 0 amide bonds. The fraction of sp³-hybridized carbons (Fsp3) is 0.0526. The van der Waals surface area contributed by atoms with Crippen molar-refractivity contribution in [3.05, 3.63) is 227 Å². The number of allylic oxidation sites excluding steroid dienone is 3. The Morgan fingerprint density at radius 3 is 1.63 bits per heavy atom. The van der Waals surface area contributed by atoms with E-state index in [4.69, 9.17) is 0 Å². The SMILES string of the molecule is C1=Cc2ccc3c(-c4ccc(C5(c6ccc(-c7ccc8ccc9cccc%10ccc7c8c9%10)cc6)c6ccccc6-c6ccccc65)cc4)ccc4c3c2C(=CC4)C1. The van der Waals surface area contributed by atoms with Gasteiger partial charge in [0.15, 0.2) is 0 Å². The molecule has 0 heteroatoms. The minimum absolute atomic E-state index is 0.467. The summed E-state index contributed by atoms with van der Waals surface area (Å²) in [5.74, 6) is 0. The summed E-state index contributed by atoms with van der Waals surface area (Å²) in [4.78, 5) is 0. The van der Waals surface area contributed by atoms with Crippen molar-refractivity contribution in [2.24, 2.45) is 0 Å². The van der Waals surface area contributed by atoms with Crippen LogP contribution in [0, 0.1) is 0 Å². The fourth-order valence-electron chi connectivity index (χ4n) is 11.1. The summed E-state index contributed by atoms with van der Waals surface area (Å²) in [6, 6.07) is 67.0. The molecule has 0 bridgehead atoms. The highest BCUT2D eigenvalue weighted by molar-refractivity contribution is 6.25. The maximum Gasteiger partial charge on any atom is 0.0713 e. The zero-order chi connectivity index (χ0) is 37.2. The van der Waals surface area contributed by atoms with Gasteiger partial charge in [0.25, 0.3) is 0 Å². The van der Waals surface area contributed by atoms with Crippen LogP contribution in [0.1, 0.15) is 45.4 Å². The van der Waals surface area contributed by atoms with Crippen molar-refractivity contribution in [3.8, 4) is 33.4 Å². The van der Waals surface area contributed by atoms with Crippen molar-refractivity contribution in [3.63, 3.8) is 0 Å². The minimum Gasteiger partial charge on any atom is -0.0795 e. The van der Waals surface area contributed by atoms with Crippen LogP contribution in [-0.2, 0) is 11.8 Å². The Balaban J connectivity index is 0.987. The first-order chi connectivity index (χ1) is 28.3. The molecule has 0 N–H and O–H groups in total. The first-order valence-corrected chi connectivity index (χ1v) is 20.3. The third-order valence-corrected chi connectivity index (χ3v) is 13.6. The molecule has 3 aliphatic rings. The highest BCUT2D eigenvalue weighted by Crippen LogP contribution is 2.56. The van der Waals surface area contributed by atoms with Gasteiger partial charge in [-0.1, -0.05) is 194 Å². The zero-order valence-corrected chi connectivity index (χ0v) is 31.4. The molecule has 10 aromatic carbocycles. The van der Waals surface area contributed by atoms with E-state index >= 15 is 0 Å². The number of rotatable bonds is 4. The molecule has 10 aromatic rings. The van der Waals surface area contributed by atoms with E-state index in [0.29, 0.717) is 0 Å². The molecule has 0 unspecified atom stereocenters. The summed E-state index contributed by atoms with van der Waals surface area (Å²) in [6.45, 7) is 0. The summed E-state index contributed by atoms with van der Waals surface area (Å²) in [5.41, 5.74) is 18.2. The van der Waals surface area contributed by atoms with Gasteiger partial charge in [0, 0.05) is 0 Å². The van der Waals surface area contributed by atoms with Crippen LogP contribution in [0.4, 0.5) is 0 Å². The van der Waals surface area contributed by atoms with Gasteiger partial charge in [-0.15, -0.1) is 0 Å². The highest BCUT2D eigenvalue weighted by Gasteiger charge is 2.45. The largest absolute Gasteiger partial charge is 0.0795 e. The van der Waals surface area contributed by atoms with Crippen LogP contribution in [-0.4, -0.2) is 0 Å². The Labute approximate surface area is 332 Å². The topological polar surface area (TPSA) is 0 Å². The summed E-state index contributed by atoms with van der Waals surface area (Å²) < 4.78 is 0. The molecule has 0 radical (unpaired) electrons. The molecule has 3 aliphatic carbocycles. The summed E-state index contributed by atoms with van der Waals surface area (Å²) in [5, 5.41) is 10.7. The first kappa shape index (κ1) is 31.2. The van der Waals surface area contributed by atoms with Crippen LogP contribution in [0.15, 0.2) is 188 Å². The van der Waals surface area contributed by atoms with E-state index in [1.807, 2.05) is 0 Å². The van der Waals surface area contributed by atoms with Gasteiger partial charge in [0.2, 0.25) is 0 Å². The van der Waals surface area contributed by atoms with Crippen molar-refractivity contribution in [1.29, 1.82) is 0 Å². The lowest BCUT2D eigenvalue weighted by Crippen LogP contribution is -2.28. The Morgan fingerprint density at radius 1 is 0.386 bits per heavy atom. The second kappa shape index (κ2) is 11.5. The summed E-state index contributed by atoms with van der Waals surface area (Å²) >= 11 is 0. The van der Waals surface area contributed by atoms with Crippen LogP contribution in [0.5, 0.6) is 0 Å². The Kier molecular flexibility index (Phi) is 6.30. The molecule has 0 spiro atoms. The van der Waals surface area contributed by atoms with Crippen LogP contribution >= 0.6 is 0 Å². The smallest absolute Gasteiger partial charge is 0.0713 e. The second-order valence-electron chi connectivity index (χ2n) is 16.2. The maximum atomic E-state index is 2.44. The van der Waals surface area contributed by atoms with E-state index in [0.717, 1.165) is 12.8 Å². The summed E-state index contributed by atoms with van der Waals surface area (Å²) in [6.07, 6.45) is 9.08. The van der Waals surface area contributed by atoms with E-state index in [1.54, 1.807) is 0 Å². The summed E-state index contributed by atoms with van der Waals surface area (Å²) in [7, 11) is 0.